The second-order valence-corrected chi connectivity index (χ2v) is 6.04. The Morgan fingerprint density at radius 2 is 2.12 bits per heavy atom. The maximum atomic E-state index is 5.93. The highest BCUT2D eigenvalue weighted by Crippen LogP contribution is 2.48. The molecule has 0 spiro atoms. The van der Waals surface area contributed by atoms with Crippen LogP contribution in [-0.2, 0) is 18.3 Å². The summed E-state index contributed by atoms with van der Waals surface area (Å²) in [5.41, 5.74) is 0.193. The van der Waals surface area contributed by atoms with Crippen molar-refractivity contribution in [1.29, 1.82) is 0 Å². The van der Waals surface area contributed by atoms with Crippen molar-refractivity contribution in [2.45, 2.75) is 58.7 Å². The van der Waals surface area contributed by atoms with Crippen molar-refractivity contribution in [3.05, 3.63) is 12.2 Å². The molecule has 2 rings (SSSR count). The van der Waals surface area contributed by atoms with Gasteiger partial charge in [-0.15, -0.1) is 24.0 Å². The Bertz CT molecular complexity index is 528. The van der Waals surface area contributed by atoms with E-state index in [0.29, 0.717) is 18.7 Å². The monoisotopic (exact) mass is 450 g/mol. The Kier molecular flexibility index (Phi) is 8.41. The Hall–Kier alpha value is -0.900. The molecule has 0 radical (unpaired) electrons. The molecule has 7 nitrogen and oxygen atoms in total. The number of rotatable bonds is 7. The molecule has 1 aliphatic rings. The fraction of sp³-hybridized carbons (Fsp3) is 0.812. The van der Waals surface area contributed by atoms with Crippen LogP contribution in [0.4, 0.5) is 0 Å². The molecule has 0 aliphatic heterocycles. The average Bonchev–Trinajstić information content (AvgIpc) is 2.96. The highest BCUT2D eigenvalue weighted by atomic mass is 127. The second kappa shape index (κ2) is 9.55. The topological polar surface area (TPSA) is 76.4 Å². The normalized spacial score (nSPS) is 22.5. The van der Waals surface area contributed by atoms with Gasteiger partial charge in [-0.1, -0.05) is 13.8 Å². The Morgan fingerprint density at radius 3 is 2.62 bits per heavy atom. The first kappa shape index (κ1) is 21.1. The Labute approximate surface area is 162 Å². The van der Waals surface area contributed by atoms with Crippen molar-refractivity contribution >= 4 is 29.9 Å². The molecule has 0 saturated heterocycles. The van der Waals surface area contributed by atoms with Gasteiger partial charge >= 0.3 is 0 Å². The van der Waals surface area contributed by atoms with Gasteiger partial charge in [0.05, 0.1) is 12.6 Å². The van der Waals surface area contributed by atoms with Crippen LogP contribution in [0.15, 0.2) is 11.3 Å². The first-order valence-electron chi connectivity index (χ1n) is 8.52. The molecule has 1 heterocycles. The fourth-order valence-electron chi connectivity index (χ4n) is 3.59. The number of halogens is 1. The Morgan fingerprint density at radius 1 is 1.42 bits per heavy atom. The fourth-order valence-corrected chi connectivity index (χ4v) is 3.59. The van der Waals surface area contributed by atoms with Crippen LogP contribution in [0, 0.1) is 5.41 Å². The molecule has 0 amide bonds. The third kappa shape index (κ3) is 4.19. The molecule has 2 unspecified atom stereocenters. The van der Waals surface area contributed by atoms with E-state index in [0.717, 1.165) is 37.7 Å². The number of aryl methyl sites for hydroxylation is 1. The molecular formula is C16H31IN6O. The minimum absolute atomic E-state index is 0. The van der Waals surface area contributed by atoms with Gasteiger partial charge < -0.3 is 15.4 Å². The van der Waals surface area contributed by atoms with Gasteiger partial charge in [0.1, 0.15) is 12.2 Å². The van der Waals surface area contributed by atoms with E-state index < -0.39 is 0 Å². The summed E-state index contributed by atoms with van der Waals surface area (Å²) >= 11 is 0. The predicted molar refractivity (Wildman–Crippen MR) is 107 cm³/mol. The van der Waals surface area contributed by atoms with Crippen molar-refractivity contribution in [3.63, 3.8) is 0 Å². The van der Waals surface area contributed by atoms with Gasteiger partial charge in [-0.2, -0.15) is 5.10 Å². The molecule has 1 fully saturated rings. The molecule has 2 atom stereocenters. The summed E-state index contributed by atoms with van der Waals surface area (Å²) in [6, 6.07) is 0.389. The minimum Gasteiger partial charge on any atom is -0.378 e. The van der Waals surface area contributed by atoms with Crippen LogP contribution in [0.3, 0.4) is 0 Å². The standard InChI is InChI=1S/C16H30N6O.HI/c1-6-16(7-2)12(9-13(16)23-8-3)21-15(17-4)18-10-14-19-11-20-22(14)5;/h11-13H,6-10H2,1-5H3,(H2,17,18,21);1H. The average molecular weight is 450 g/mol. The van der Waals surface area contributed by atoms with Crippen molar-refractivity contribution in [2.24, 2.45) is 17.5 Å². The largest absolute Gasteiger partial charge is 0.378 e. The number of ether oxygens (including phenoxy) is 1. The zero-order chi connectivity index (χ0) is 16.9. The molecular weight excluding hydrogens is 419 g/mol. The molecule has 138 valence electrons. The van der Waals surface area contributed by atoms with Crippen molar-refractivity contribution < 1.29 is 4.74 Å². The van der Waals surface area contributed by atoms with E-state index in [1.807, 2.05) is 7.05 Å². The maximum absolute atomic E-state index is 5.93. The van der Waals surface area contributed by atoms with Gasteiger partial charge in [0.2, 0.25) is 0 Å². The lowest BCUT2D eigenvalue weighted by atomic mass is 9.58. The summed E-state index contributed by atoms with van der Waals surface area (Å²) in [6.45, 7) is 7.94. The summed E-state index contributed by atoms with van der Waals surface area (Å²) < 4.78 is 7.69. The van der Waals surface area contributed by atoms with E-state index in [2.05, 4.69) is 46.5 Å². The molecule has 0 bridgehead atoms. The molecule has 0 aromatic carbocycles. The SMILES string of the molecule is CCOC1CC(NC(=NC)NCc2ncnn2C)C1(CC)CC.I. The van der Waals surface area contributed by atoms with Crippen LogP contribution in [0.2, 0.25) is 0 Å². The van der Waals surface area contributed by atoms with E-state index in [1.54, 1.807) is 18.1 Å². The summed E-state index contributed by atoms with van der Waals surface area (Å²) in [6.07, 6.45) is 5.14. The summed E-state index contributed by atoms with van der Waals surface area (Å²) in [7, 11) is 3.68. The van der Waals surface area contributed by atoms with E-state index >= 15 is 0 Å². The second-order valence-electron chi connectivity index (χ2n) is 6.04. The van der Waals surface area contributed by atoms with Crippen molar-refractivity contribution in [3.8, 4) is 0 Å². The third-order valence-corrected chi connectivity index (χ3v) is 5.22. The molecule has 1 aromatic heterocycles. The molecule has 1 aromatic rings. The quantitative estimate of drug-likeness (QED) is 0.378. The number of hydrogen-bond donors (Lipinski definition) is 2. The van der Waals surface area contributed by atoms with Crippen LogP contribution in [0.25, 0.3) is 0 Å². The van der Waals surface area contributed by atoms with Gasteiger partial charge in [0.25, 0.3) is 0 Å². The van der Waals surface area contributed by atoms with Gasteiger partial charge in [-0.3, -0.25) is 9.67 Å². The zero-order valence-corrected chi connectivity index (χ0v) is 17.7. The van der Waals surface area contributed by atoms with Gasteiger partial charge in [-0.25, -0.2) is 4.98 Å². The highest BCUT2D eigenvalue weighted by molar-refractivity contribution is 14.0. The first-order chi connectivity index (χ1) is 11.1. The molecule has 8 heteroatoms. The maximum Gasteiger partial charge on any atom is 0.191 e. The number of hydrogen-bond acceptors (Lipinski definition) is 4. The molecule has 24 heavy (non-hydrogen) atoms. The van der Waals surface area contributed by atoms with E-state index in [1.165, 1.54) is 0 Å². The van der Waals surface area contributed by atoms with Gasteiger partial charge in [0, 0.05) is 32.2 Å². The summed E-state index contributed by atoms with van der Waals surface area (Å²) in [4.78, 5) is 8.56. The minimum atomic E-state index is 0. The number of nitrogens with one attached hydrogen (secondary N) is 2. The number of nitrogens with zero attached hydrogens (tertiary/aromatic N) is 4. The Balaban J connectivity index is 0.00000288. The smallest absolute Gasteiger partial charge is 0.191 e. The third-order valence-electron chi connectivity index (χ3n) is 5.22. The molecule has 1 saturated carbocycles. The lowest BCUT2D eigenvalue weighted by Gasteiger charge is -2.55. The number of guanidine groups is 1. The van der Waals surface area contributed by atoms with Gasteiger partial charge in [-0.05, 0) is 26.2 Å². The molecule has 1 aliphatic carbocycles. The summed E-state index contributed by atoms with van der Waals surface area (Å²) in [5.74, 6) is 1.69. The first-order valence-corrected chi connectivity index (χ1v) is 8.52. The van der Waals surface area contributed by atoms with Crippen molar-refractivity contribution in [1.82, 2.24) is 25.4 Å². The lowest BCUT2D eigenvalue weighted by molar-refractivity contribution is -0.133. The summed E-state index contributed by atoms with van der Waals surface area (Å²) in [5, 5.41) is 11.0. The van der Waals surface area contributed by atoms with Crippen molar-refractivity contribution in [2.75, 3.05) is 13.7 Å². The van der Waals surface area contributed by atoms with Crippen LogP contribution in [-0.4, -0.2) is 46.5 Å². The zero-order valence-electron chi connectivity index (χ0n) is 15.4. The van der Waals surface area contributed by atoms with Gasteiger partial charge in [0.15, 0.2) is 5.96 Å². The van der Waals surface area contributed by atoms with Crippen LogP contribution in [0.1, 0.15) is 45.9 Å². The van der Waals surface area contributed by atoms with Crippen LogP contribution in [0.5, 0.6) is 0 Å². The highest BCUT2D eigenvalue weighted by Gasteiger charge is 2.53. The lowest BCUT2D eigenvalue weighted by Crippen LogP contribution is -2.65. The van der Waals surface area contributed by atoms with E-state index in [4.69, 9.17) is 4.74 Å². The number of aliphatic imine (C=N–C) groups is 1. The van der Waals surface area contributed by atoms with Crippen LogP contribution < -0.4 is 10.6 Å². The number of aromatic nitrogens is 3. The predicted octanol–water partition coefficient (Wildman–Crippen LogP) is 2.08. The van der Waals surface area contributed by atoms with E-state index in [9.17, 15) is 0 Å². The van der Waals surface area contributed by atoms with Crippen LogP contribution >= 0.6 is 24.0 Å². The van der Waals surface area contributed by atoms with E-state index in [-0.39, 0.29) is 29.4 Å². The molecule has 2 N–H and O–H groups in total.